The highest BCUT2D eigenvalue weighted by molar-refractivity contribution is 5.94. The van der Waals surface area contributed by atoms with Gasteiger partial charge in [0.25, 0.3) is 5.91 Å². The zero-order valence-corrected chi connectivity index (χ0v) is 13.4. The summed E-state index contributed by atoms with van der Waals surface area (Å²) in [6.45, 7) is 11.2. The molecule has 1 saturated heterocycles. The minimum atomic E-state index is 0.160. The average molecular weight is 289 g/mol. The number of benzene rings is 1. The smallest absolute Gasteiger partial charge is 0.253 e. The molecule has 21 heavy (non-hydrogen) atoms. The van der Waals surface area contributed by atoms with Crippen LogP contribution in [0.15, 0.2) is 24.3 Å². The fourth-order valence-corrected chi connectivity index (χ4v) is 3.08. The molecule has 0 saturated carbocycles. The SMILES string of the molecule is CCNc1ccc(C(=O)N2CCC(N(CC)CC)C2)cc1. The van der Waals surface area contributed by atoms with Crippen LogP contribution in [0.4, 0.5) is 5.69 Å². The molecule has 1 heterocycles. The van der Waals surface area contributed by atoms with Crippen LogP contribution in [0.3, 0.4) is 0 Å². The van der Waals surface area contributed by atoms with E-state index in [1.165, 1.54) is 0 Å². The molecule has 1 unspecified atom stereocenters. The molecule has 1 aliphatic heterocycles. The third-order valence-corrected chi connectivity index (χ3v) is 4.29. The Kier molecular flexibility index (Phi) is 5.62. The summed E-state index contributed by atoms with van der Waals surface area (Å²) in [5.74, 6) is 0.160. The van der Waals surface area contributed by atoms with Gasteiger partial charge in [-0.3, -0.25) is 9.69 Å². The first kappa shape index (κ1) is 15.8. The number of hydrogen-bond acceptors (Lipinski definition) is 3. The molecule has 0 spiro atoms. The molecule has 4 nitrogen and oxygen atoms in total. The first-order valence-electron chi connectivity index (χ1n) is 8.06. The Labute approximate surface area is 128 Å². The highest BCUT2D eigenvalue weighted by Gasteiger charge is 2.29. The van der Waals surface area contributed by atoms with Crippen LogP contribution in [0, 0.1) is 0 Å². The van der Waals surface area contributed by atoms with Crippen molar-refractivity contribution in [3.05, 3.63) is 29.8 Å². The zero-order valence-electron chi connectivity index (χ0n) is 13.4. The van der Waals surface area contributed by atoms with Crippen LogP contribution in [-0.2, 0) is 0 Å². The van der Waals surface area contributed by atoms with E-state index in [-0.39, 0.29) is 5.91 Å². The van der Waals surface area contributed by atoms with Gasteiger partial charge in [-0.15, -0.1) is 0 Å². The number of likely N-dealkylation sites (tertiary alicyclic amines) is 1. The Hall–Kier alpha value is -1.55. The summed E-state index contributed by atoms with van der Waals surface area (Å²) in [5, 5.41) is 3.25. The molecule has 0 aromatic heterocycles. The van der Waals surface area contributed by atoms with E-state index in [0.29, 0.717) is 6.04 Å². The van der Waals surface area contributed by atoms with Crippen molar-refractivity contribution in [3.8, 4) is 0 Å². The first-order valence-corrected chi connectivity index (χ1v) is 8.06. The molecule has 1 aliphatic rings. The Balaban J connectivity index is 1.97. The minimum absolute atomic E-state index is 0.160. The van der Waals surface area contributed by atoms with E-state index >= 15 is 0 Å². The third-order valence-electron chi connectivity index (χ3n) is 4.29. The molecule has 1 aromatic carbocycles. The van der Waals surface area contributed by atoms with E-state index in [2.05, 4.69) is 31.0 Å². The number of carbonyl (C=O) groups excluding carboxylic acids is 1. The van der Waals surface area contributed by atoms with Crippen LogP contribution in [0.2, 0.25) is 0 Å². The van der Waals surface area contributed by atoms with Gasteiger partial charge in [0.2, 0.25) is 0 Å². The Morgan fingerprint density at radius 3 is 2.48 bits per heavy atom. The summed E-state index contributed by atoms with van der Waals surface area (Å²) in [6, 6.07) is 8.32. The van der Waals surface area contributed by atoms with Crippen molar-refractivity contribution < 1.29 is 4.79 Å². The second-order valence-electron chi connectivity index (χ2n) is 5.52. The average Bonchev–Trinajstić information content (AvgIpc) is 2.99. The van der Waals surface area contributed by atoms with Crippen molar-refractivity contribution in [3.63, 3.8) is 0 Å². The maximum absolute atomic E-state index is 12.5. The normalized spacial score (nSPS) is 18.3. The fraction of sp³-hybridized carbons (Fsp3) is 0.588. The van der Waals surface area contributed by atoms with Gasteiger partial charge in [0, 0.05) is 36.9 Å². The van der Waals surface area contributed by atoms with Crippen LogP contribution in [0.25, 0.3) is 0 Å². The lowest BCUT2D eigenvalue weighted by atomic mass is 10.2. The summed E-state index contributed by atoms with van der Waals surface area (Å²) >= 11 is 0. The lowest BCUT2D eigenvalue weighted by Crippen LogP contribution is -2.38. The van der Waals surface area contributed by atoms with Gasteiger partial charge in [0.1, 0.15) is 0 Å². The standard InChI is InChI=1S/C17H27N3O/c1-4-18-15-9-7-14(8-10-15)17(21)20-12-11-16(13-20)19(5-2)6-3/h7-10,16,18H,4-6,11-13H2,1-3H3. The monoisotopic (exact) mass is 289 g/mol. The number of nitrogens with zero attached hydrogens (tertiary/aromatic N) is 2. The number of anilines is 1. The molecule has 1 amide bonds. The predicted octanol–water partition coefficient (Wildman–Crippen LogP) is 2.67. The van der Waals surface area contributed by atoms with E-state index in [1.54, 1.807) is 0 Å². The molecule has 0 aliphatic carbocycles. The van der Waals surface area contributed by atoms with Crippen molar-refractivity contribution in [2.24, 2.45) is 0 Å². The minimum Gasteiger partial charge on any atom is -0.385 e. The van der Waals surface area contributed by atoms with E-state index in [9.17, 15) is 4.79 Å². The summed E-state index contributed by atoms with van der Waals surface area (Å²) in [7, 11) is 0. The van der Waals surface area contributed by atoms with Gasteiger partial charge in [-0.25, -0.2) is 0 Å². The van der Waals surface area contributed by atoms with Crippen molar-refractivity contribution >= 4 is 11.6 Å². The van der Waals surface area contributed by atoms with Crippen molar-refractivity contribution in [1.82, 2.24) is 9.80 Å². The van der Waals surface area contributed by atoms with Gasteiger partial charge in [0.05, 0.1) is 0 Å². The van der Waals surface area contributed by atoms with Crippen molar-refractivity contribution in [1.29, 1.82) is 0 Å². The molecule has 0 bridgehead atoms. The van der Waals surface area contributed by atoms with E-state index < -0.39 is 0 Å². The van der Waals surface area contributed by atoms with Gasteiger partial charge in [-0.1, -0.05) is 13.8 Å². The summed E-state index contributed by atoms with van der Waals surface area (Å²) in [6.07, 6.45) is 1.09. The number of amides is 1. The Morgan fingerprint density at radius 1 is 1.24 bits per heavy atom. The molecule has 1 atom stereocenters. The van der Waals surface area contributed by atoms with Crippen LogP contribution in [0.5, 0.6) is 0 Å². The summed E-state index contributed by atoms with van der Waals surface area (Å²) < 4.78 is 0. The zero-order chi connectivity index (χ0) is 15.2. The van der Waals surface area contributed by atoms with Gasteiger partial charge in [-0.05, 0) is 50.7 Å². The number of rotatable bonds is 6. The van der Waals surface area contributed by atoms with Crippen LogP contribution >= 0.6 is 0 Å². The second-order valence-corrected chi connectivity index (χ2v) is 5.52. The molecule has 1 N–H and O–H groups in total. The molecule has 1 aromatic rings. The molecule has 2 rings (SSSR count). The van der Waals surface area contributed by atoms with Gasteiger partial charge >= 0.3 is 0 Å². The van der Waals surface area contributed by atoms with Crippen molar-refractivity contribution in [2.75, 3.05) is 38.0 Å². The number of carbonyl (C=O) groups is 1. The largest absolute Gasteiger partial charge is 0.385 e. The van der Waals surface area contributed by atoms with E-state index in [4.69, 9.17) is 0 Å². The van der Waals surface area contributed by atoms with E-state index in [0.717, 1.165) is 50.4 Å². The van der Waals surface area contributed by atoms with Gasteiger partial charge < -0.3 is 10.2 Å². The maximum atomic E-state index is 12.5. The van der Waals surface area contributed by atoms with Crippen LogP contribution in [0.1, 0.15) is 37.6 Å². The molecule has 1 fully saturated rings. The van der Waals surface area contributed by atoms with Crippen LogP contribution < -0.4 is 5.32 Å². The van der Waals surface area contributed by atoms with Gasteiger partial charge in [-0.2, -0.15) is 0 Å². The first-order chi connectivity index (χ1) is 10.2. The molecule has 0 radical (unpaired) electrons. The lowest BCUT2D eigenvalue weighted by molar-refractivity contribution is 0.0778. The maximum Gasteiger partial charge on any atom is 0.253 e. The van der Waals surface area contributed by atoms with E-state index in [1.807, 2.05) is 29.2 Å². The second kappa shape index (κ2) is 7.46. The molecular weight excluding hydrogens is 262 g/mol. The molecule has 116 valence electrons. The third kappa shape index (κ3) is 3.76. The number of nitrogens with one attached hydrogen (secondary N) is 1. The Morgan fingerprint density at radius 2 is 1.90 bits per heavy atom. The summed E-state index contributed by atoms with van der Waals surface area (Å²) in [5.41, 5.74) is 1.85. The highest BCUT2D eigenvalue weighted by Crippen LogP contribution is 2.19. The topological polar surface area (TPSA) is 35.6 Å². The van der Waals surface area contributed by atoms with Crippen LogP contribution in [-0.4, -0.2) is 54.5 Å². The molecule has 4 heteroatoms. The lowest BCUT2D eigenvalue weighted by Gasteiger charge is -2.26. The highest BCUT2D eigenvalue weighted by atomic mass is 16.2. The predicted molar refractivity (Wildman–Crippen MR) is 87.8 cm³/mol. The van der Waals surface area contributed by atoms with Crippen molar-refractivity contribution in [2.45, 2.75) is 33.2 Å². The number of hydrogen-bond donors (Lipinski definition) is 1. The molecular formula is C17H27N3O. The summed E-state index contributed by atoms with van der Waals surface area (Å²) in [4.78, 5) is 17.0. The number of likely N-dealkylation sites (N-methyl/N-ethyl adjacent to an activating group) is 1. The fourth-order valence-electron chi connectivity index (χ4n) is 3.08. The Bertz CT molecular complexity index is 454. The quantitative estimate of drug-likeness (QED) is 0.874. The van der Waals surface area contributed by atoms with Gasteiger partial charge in [0.15, 0.2) is 0 Å².